The van der Waals surface area contributed by atoms with Gasteiger partial charge >= 0.3 is 23.5 Å². The predicted octanol–water partition coefficient (Wildman–Crippen LogP) is -2.71. The van der Waals surface area contributed by atoms with E-state index in [9.17, 15) is 0 Å². The monoisotopic (exact) mass is 529 g/mol. The Hall–Kier alpha value is -1.40. The third-order valence-corrected chi connectivity index (χ3v) is 2.99. The number of anilines is 1. The van der Waals surface area contributed by atoms with Crippen LogP contribution in [-0.4, -0.2) is 81.4 Å². The van der Waals surface area contributed by atoms with Crippen molar-refractivity contribution in [3.63, 3.8) is 0 Å². The van der Waals surface area contributed by atoms with Crippen molar-refractivity contribution in [3.8, 4) is 0 Å². The topological polar surface area (TPSA) is 332 Å². The average Bonchev–Trinajstić information content (AvgIpc) is 3.16. The van der Waals surface area contributed by atoms with Gasteiger partial charge in [-0.1, -0.05) is 0 Å². The maximum Gasteiger partial charge on any atom is 0.466 e. The van der Waals surface area contributed by atoms with Crippen molar-refractivity contribution in [3.05, 3.63) is 12.7 Å². The molecule has 186 valence electrons. The molecule has 0 bridgehead atoms. The fourth-order valence-corrected chi connectivity index (χ4v) is 2.11. The van der Waals surface area contributed by atoms with Crippen LogP contribution in [0.1, 0.15) is 19.1 Å². The Morgan fingerprint density at radius 2 is 1.38 bits per heavy atom. The first-order chi connectivity index (χ1) is 14.3. The summed E-state index contributed by atoms with van der Waals surface area (Å²) < 4.78 is 34.2. The van der Waals surface area contributed by atoms with Gasteiger partial charge in [0.2, 0.25) is 0 Å². The van der Waals surface area contributed by atoms with Crippen molar-refractivity contribution in [1.82, 2.24) is 19.5 Å². The smallest absolute Gasteiger partial charge is 0.394 e. The number of rotatable bonds is 2. The molecule has 0 amide bonds. The number of nitrogens with zero attached hydrogens (tertiary/aromatic N) is 4. The first kappa shape index (κ1) is 30.6. The van der Waals surface area contributed by atoms with Crippen LogP contribution in [0.25, 0.3) is 11.2 Å². The highest BCUT2D eigenvalue weighted by molar-refractivity contribution is 7.45. The van der Waals surface area contributed by atoms with Gasteiger partial charge in [-0.2, -0.15) is 0 Å². The lowest BCUT2D eigenvalue weighted by Crippen LogP contribution is -2.14. The van der Waals surface area contributed by atoms with Crippen LogP contribution >= 0.6 is 23.5 Å². The summed E-state index contributed by atoms with van der Waals surface area (Å²) in [5, 5.41) is 9.04. The van der Waals surface area contributed by atoms with Gasteiger partial charge in [0, 0.05) is 0 Å². The largest absolute Gasteiger partial charge is 0.466 e. The van der Waals surface area contributed by atoms with E-state index in [1.165, 1.54) is 6.33 Å². The molecule has 0 spiro atoms. The van der Waals surface area contributed by atoms with Gasteiger partial charge in [-0.05, 0) is 12.8 Å². The Kier molecular flexibility index (Phi) is 12.2. The standard InChI is InChI=1S/C10H13N5O2.3H3O4P/c11-9-8-10(13-4-12-9)15(5-14-8)7-2-1-6(3-16)17-7;3*1-5(2,3)4/h4-7,16H,1-3H2,(H2,11,12,13);3*(H3,1,2,3,4)/t6-,7+;;;/m0.../s1. The van der Waals surface area contributed by atoms with Gasteiger partial charge in [0.1, 0.15) is 18.1 Å². The Morgan fingerprint density at radius 1 is 0.906 bits per heavy atom. The Bertz CT molecular complexity index is 912. The Balaban J connectivity index is 0.000000530. The molecule has 22 heteroatoms. The van der Waals surface area contributed by atoms with Crippen LogP contribution in [0.5, 0.6) is 0 Å². The second kappa shape index (κ2) is 12.7. The van der Waals surface area contributed by atoms with E-state index in [0.29, 0.717) is 17.0 Å². The van der Waals surface area contributed by atoms with E-state index in [4.69, 9.17) is 73.3 Å². The van der Waals surface area contributed by atoms with Crippen LogP contribution in [0, 0.1) is 0 Å². The van der Waals surface area contributed by atoms with Gasteiger partial charge < -0.3 is 59.6 Å². The Labute approximate surface area is 178 Å². The lowest BCUT2D eigenvalue weighted by Gasteiger charge is -2.13. The molecule has 1 aliphatic rings. The van der Waals surface area contributed by atoms with E-state index >= 15 is 0 Å². The highest BCUT2D eigenvalue weighted by atomic mass is 31.2. The van der Waals surface area contributed by atoms with Crippen LogP contribution in [0.2, 0.25) is 0 Å². The van der Waals surface area contributed by atoms with E-state index in [1.807, 2.05) is 4.57 Å². The molecule has 1 fully saturated rings. The first-order valence-electron chi connectivity index (χ1n) is 7.83. The number of aliphatic hydroxyl groups is 1. The summed E-state index contributed by atoms with van der Waals surface area (Å²) in [6.07, 6.45) is 4.50. The zero-order valence-electron chi connectivity index (χ0n) is 15.7. The SMILES string of the molecule is Nc1ncnc2c1ncn2[C@H]1CC[C@@H](CO)O1.O=P(O)(O)O.O=P(O)(O)O.O=P(O)(O)O. The molecule has 0 aromatic carbocycles. The Morgan fingerprint density at radius 3 is 1.78 bits per heavy atom. The zero-order valence-corrected chi connectivity index (χ0v) is 18.4. The maximum atomic E-state index is 9.04. The second-order valence-corrected chi connectivity index (χ2v) is 8.68. The van der Waals surface area contributed by atoms with Gasteiger partial charge in [-0.15, -0.1) is 0 Å². The quantitative estimate of drug-likeness (QED) is 0.176. The van der Waals surface area contributed by atoms with E-state index in [2.05, 4.69) is 15.0 Å². The molecule has 0 unspecified atom stereocenters. The van der Waals surface area contributed by atoms with Gasteiger partial charge in [-0.3, -0.25) is 4.57 Å². The molecule has 32 heavy (non-hydrogen) atoms. The lowest BCUT2D eigenvalue weighted by molar-refractivity contribution is -0.0207. The lowest BCUT2D eigenvalue weighted by atomic mass is 10.2. The first-order valence-corrected chi connectivity index (χ1v) is 12.5. The number of fused-ring (bicyclic) bond motifs is 1. The molecule has 0 aliphatic carbocycles. The summed E-state index contributed by atoms with van der Waals surface area (Å²) in [5.74, 6) is 0.366. The van der Waals surface area contributed by atoms with Gasteiger partial charge in [0.15, 0.2) is 11.5 Å². The summed E-state index contributed by atoms with van der Waals surface area (Å²) in [6, 6.07) is 0. The fourth-order valence-electron chi connectivity index (χ4n) is 2.11. The number of nitrogen functional groups attached to an aromatic ring is 1. The molecule has 3 heterocycles. The number of ether oxygens (including phenoxy) is 1. The number of aromatic nitrogens is 4. The van der Waals surface area contributed by atoms with E-state index < -0.39 is 23.5 Å². The molecule has 3 rings (SSSR count). The van der Waals surface area contributed by atoms with Crippen molar-refractivity contribution >= 4 is 40.4 Å². The van der Waals surface area contributed by atoms with Gasteiger partial charge in [-0.25, -0.2) is 28.6 Å². The number of phosphoric acid groups is 3. The molecule has 2 aromatic heterocycles. The summed E-state index contributed by atoms with van der Waals surface area (Å²) in [6.45, 7) is 0.0419. The van der Waals surface area contributed by atoms with Crippen molar-refractivity contribution < 1.29 is 67.6 Å². The number of imidazole rings is 1. The van der Waals surface area contributed by atoms with Crippen LogP contribution in [0.3, 0.4) is 0 Å². The molecule has 1 aliphatic heterocycles. The summed E-state index contributed by atoms with van der Waals surface area (Å²) in [5.41, 5.74) is 6.97. The molecule has 19 nitrogen and oxygen atoms in total. The minimum Gasteiger partial charge on any atom is -0.394 e. The zero-order chi connectivity index (χ0) is 25.3. The number of aliphatic hydroxyl groups excluding tert-OH is 1. The molecular weight excluding hydrogens is 507 g/mol. The molecule has 12 N–H and O–H groups in total. The average molecular weight is 529 g/mol. The fraction of sp³-hybridized carbons (Fsp3) is 0.500. The van der Waals surface area contributed by atoms with Crippen molar-refractivity contribution in [1.29, 1.82) is 0 Å². The van der Waals surface area contributed by atoms with Crippen LogP contribution in [0.15, 0.2) is 12.7 Å². The highest BCUT2D eigenvalue weighted by Crippen LogP contribution is 2.30. The van der Waals surface area contributed by atoms with Crippen LogP contribution in [0.4, 0.5) is 5.82 Å². The van der Waals surface area contributed by atoms with Crippen molar-refractivity contribution in [2.45, 2.75) is 25.2 Å². The number of nitrogens with two attached hydrogens (primary N) is 1. The van der Waals surface area contributed by atoms with E-state index in [1.54, 1.807) is 6.33 Å². The normalized spacial score (nSPS) is 18.6. The van der Waals surface area contributed by atoms with E-state index in [0.717, 1.165) is 12.8 Å². The third-order valence-electron chi connectivity index (χ3n) is 2.99. The molecular formula is C10H22N5O14P3. The second-order valence-electron chi connectivity index (χ2n) is 5.60. The van der Waals surface area contributed by atoms with Gasteiger partial charge in [0.05, 0.1) is 19.0 Å². The summed E-state index contributed by atoms with van der Waals surface area (Å²) >= 11 is 0. The molecule has 0 radical (unpaired) electrons. The summed E-state index contributed by atoms with van der Waals surface area (Å²) in [7, 11) is -13.9. The van der Waals surface area contributed by atoms with E-state index in [-0.39, 0.29) is 18.9 Å². The minimum atomic E-state index is -4.64. The minimum absolute atomic E-state index is 0.0419. The number of hydrogen-bond acceptors (Lipinski definition) is 9. The van der Waals surface area contributed by atoms with Crippen molar-refractivity contribution in [2.24, 2.45) is 0 Å². The van der Waals surface area contributed by atoms with Crippen molar-refractivity contribution in [2.75, 3.05) is 12.3 Å². The molecule has 0 saturated carbocycles. The molecule has 1 saturated heterocycles. The predicted molar refractivity (Wildman–Crippen MR) is 103 cm³/mol. The molecule has 2 atom stereocenters. The summed E-state index contributed by atoms with van der Waals surface area (Å²) in [4.78, 5) is 76.9. The third kappa shape index (κ3) is 16.3. The van der Waals surface area contributed by atoms with Crippen LogP contribution < -0.4 is 5.73 Å². The highest BCUT2D eigenvalue weighted by Gasteiger charge is 2.27. The number of hydrogen-bond donors (Lipinski definition) is 11. The molecule has 2 aromatic rings. The maximum absolute atomic E-state index is 9.04. The van der Waals surface area contributed by atoms with Gasteiger partial charge in [0.25, 0.3) is 0 Å². The van der Waals surface area contributed by atoms with Crippen LogP contribution in [-0.2, 0) is 18.4 Å².